The van der Waals surface area contributed by atoms with E-state index in [1.165, 1.54) is 20.8 Å². The molecule has 1 aromatic rings. The first-order valence-electron chi connectivity index (χ1n) is 8.42. The summed E-state index contributed by atoms with van der Waals surface area (Å²) >= 11 is 0. The first-order valence-corrected chi connectivity index (χ1v) is 8.42. The summed E-state index contributed by atoms with van der Waals surface area (Å²) in [7, 11) is 0. The van der Waals surface area contributed by atoms with Gasteiger partial charge in [0.15, 0.2) is 11.6 Å². The fraction of sp³-hybridized carbons (Fsp3) is 0.350. The van der Waals surface area contributed by atoms with E-state index in [4.69, 9.17) is 4.74 Å². The van der Waals surface area contributed by atoms with E-state index in [2.05, 4.69) is 0 Å². The van der Waals surface area contributed by atoms with Crippen LogP contribution in [0, 0.1) is 6.92 Å². The van der Waals surface area contributed by atoms with Crippen molar-refractivity contribution >= 4 is 17.3 Å². The van der Waals surface area contributed by atoms with Crippen LogP contribution < -0.4 is 4.74 Å². The molecule has 7 nitrogen and oxygen atoms in total. The summed E-state index contributed by atoms with van der Waals surface area (Å²) in [4.78, 5) is 36.9. The van der Waals surface area contributed by atoms with Crippen LogP contribution in [0.2, 0.25) is 0 Å². The Kier molecular flexibility index (Phi) is 3.95. The van der Waals surface area contributed by atoms with Gasteiger partial charge in [0.25, 0.3) is 0 Å². The van der Waals surface area contributed by atoms with Gasteiger partial charge < -0.3 is 20.1 Å². The molecule has 2 atom stereocenters. The molecule has 1 aliphatic carbocycles. The van der Waals surface area contributed by atoms with Crippen molar-refractivity contribution < 1.29 is 34.4 Å². The van der Waals surface area contributed by atoms with Crippen molar-refractivity contribution in [2.45, 2.75) is 46.0 Å². The minimum Gasteiger partial charge on any atom is -0.507 e. The van der Waals surface area contributed by atoms with Crippen molar-refractivity contribution in [1.29, 1.82) is 0 Å². The number of aromatic hydroxyl groups is 2. The molecule has 0 spiro atoms. The molecule has 0 saturated heterocycles. The van der Waals surface area contributed by atoms with Crippen molar-refractivity contribution in [2.24, 2.45) is 0 Å². The average molecular weight is 372 g/mol. The Hall–Kier alpha value is -3.09. The second-order valence-corrected chi connectivity index (χ2v) is 7.15. The number of aliphatic hydroxyl groups is 1. The third-order valence-corrected chi connectivity index (χ3v) is 5.48. The maximum Gasteiger partial charge on any atom is 0.188 e. The van der Waals surface area contributed by atoms with Crippen LogP contribution in [0.5, 0.6) is 17.2 Å². The second kappa shape index (κ2) is 5.70. The number of fused-ring (bicyclic) bond motifs is 3. The molecule has 3 N–H and O–H groups in total. The zero-order valence-electron chi connectivity index (χ0n) is 15.6. The number of benzene rings is 1. The standard InChI is InChI=1S/C20H20O7/c1-7(9(3)21)13-16(24)8(2)17(25)15-18(13)27-12-6-11(23)14(10(4)22)19(26)20(12,15)5/h6-7,23-25H,1-5H3/t7?,20-/m1/s1. The molecular weight excluding hydrogens is 352 g/mol. The lowest BCUT2D eigenvalue weighted by Gasteiger charge is -2.28. The number of carbonyl (C=O) groups is 3. The van der Waals surface area contributed by atoms with Gasteiger partial charge in [0.05, 0.1) is 5.56 Å². The lowest BCUT2D eigenvalue weighted by Crippen LogP contribution is -2.38. The van der Waals surface area contributed by atoms with Gasteiger partial charge in [-0.15, -0.1) is 0 Å². The quantitative estimate of drug-likeness (QED) is 0.697. The number of phenolic OH excluding ortho intramolecular Hbond substituents is 2. The van der Waals surface area contributed by atoms with Crippen LogP contribution >= 0.6 is 0 Å². The number of hydrogen-bond donors (Lipinski definition) is 3. The third kappa shape index (κ3) is 2.24. The molecule has 1 aliphatic heterocycles. The maximum atomic E-state index is 13.1. The van der Waals surface area contributed by atoms with Crippen molar-refractivity contribution in [3.05, 3.63) is 39.9 Å². The first kappa shape index (κ1) is 18.7. The molecule has 0 aromatic heterocycles. The van der Waals surface area contributed by atoms with E-state index in [-0.39, 0.29) is 51.1 Å². The number of rotatable bonds is 3. The minimum atomic E-state index is -1.56. The molecule has 1 heterocycles. The van der Waals surface area contributed by atoms with Crippen LogP contribution in [0.4, 0.5) is 0 Å². The van der Waals surface area contributed by atoms with Gasteiger partial charge in [-0.2, -0.15) is 0 Å². The van der Waals surface area contributed by atoms with Gasteiger partial charge in [-0.3, -0.25) is 14.4 Å². The lowest BCUT2D eigenvalue weighted by molar-refractivity contribution is -0.123. The van der Waals surface area contributed by atoms with Crippen LogP contribution in [-0.2, 0) is 19.8 Å². The highest BCUT2D eigenvalue weighted by Gasteiger charge is 2.55. The van der Waals surface area contributed by atoms with E-state index in [1.54, 1.807) is 6.92 Å². The summed E-state index contributed by atoms with van der Waals surface area (Å²) in [5.74, 6) is -3.49. The number of ketones is 3. The first-order chi connectivity index (χ1) is 12.4. The summed E-state index contributed by atoms with van der Waals surface area (Å²) in [6.07, 6.45) is 1.16. The zero-order chi connectivity index (χ0) is 20.4. The lowest BCUT2D eigenvalue weighted by atomic mass is 9.70. The zero-order valence-corrected chi connectivity index (χ0v) is 15.6. The van der Waals surface area contributed by atoms with Gasteiger partial charge in [0.1, 0.15) is 45.5 Å². The molecule has 7 heteroatoms. The molecule has 0 saturated carbocycles. The van der Waals surface area contributed by atoms with Crippen LogP contribution in [0.25, 0.3) is 0 Å². The molecular formula is C20H20O7. The van der Waals surface area contributed by atoms with E-state index >= 15 is 0 Å². The highest BCUT2D eigenvalue weighted by molar-refractivity contribution is 6.25. The van der Waals surface area contributed by atoms with E-state index in [0.717, 1.165) is 13.0 Å². The summed E-state index contributed by atoms with van der Waals surface area (Å²) in [5.41, 5.74) is -1.62. The van der Waals surface area contributed by atoms with Gasteiger partial charge in [-0.25, -0.2) is 0 Å². The third-order valence-electron chi connectivity index (χ3n) is 5.48. The van der Waals surface area contributed by atoms with Crippen molar-refractivity contribution in [3.8, 4) is 17.2 Å². The van der Waals surface area contributed by atoms with Gasteiger partial charge in [-0.1, -0.05) is 6.92 Å². The van der Waals surface area contributed by atoms with Gasteiger partial charge in [0.2, 0.25) is 0 Å². The summed E-state index contributed by atoms with van der Waals surface area (Å²) in [6, 6.07) is 0. The number of ether oxygens (including phenoxy) is 1. The molecule has 1 aromatic carbocycles. The number of hydrogen-bond acceptors (Lipinski definition) is 7. The summed E-state index contributed by atoms with van der Waals surface area (Å²) in [5, 5.41) is 31.3. The van der Waals surface area contributed by atoms with Crippen LogP contribution in [0.1, 0.15) is 50.3 Å². The van der Waals surface area contributed by atoms with Gasteiger partial charge >= 0.3 is 0 Å². The van der Waals surface area contributed by atoms with Crippen LogP contribution in [0.15, 0.2) is 23.2 Å². The van der Waals surface area contributed by atoms with Crippen LogP contribution in [0.3, 0.4) is 0 Å². The normalized spacial score (nSPS) is 22.0. The van der Waals surface area contributed by atoms with Crippen molar-refractivity contribution in [1.82, 2.24) is 0 Å². The Morgan fingerprint density at radius 2 is 1.74 bits per heavy atom. The smallest absolute Gasteiger partial charge is 0.188 e. The Balaban J connectivity index is 2.40. The largest absolute Gasteiger partial charge is 0.507 e. The van der Waals surface area contributed by atoms with Crippen molar-refractivity contribution in [2.75, 3.05) is 0 Å². The maximum absolute atomic E-state index is 13.1. The highest BCUT2D eigenvalue weighted by Crippen LogP contribution is 2.58. The molecule has 0 amide bonds. The number of aliphatic hydroxyl groups excluding tert-OH is 1. The molecule has 27 heavy (non-hydrogen) atoms. The van der Waals surface area contributed by atoms with Crippen LogP contribution in [-0.4, -0.2) is 32.7 Å². The molecule has 0 radical (unpaired) electrons. The molecule has 1 unspecified atom stereocenters. The monoisotopic (exact) mass is 372 g/mol. The number of Topliss-reactive ketones (excluding diaryl/α,β-unsaturated/α-hetero) is 3. The topological polar surface area (TPSA) is 121 Å². The predicted octanol–water partition coefficient (Wildman–Crippen LogP) is 2.62. The van der Waals surface area contributed by atoms with E-state index in [1.807, 2.05) is 0 Å². The van der Waals surface area contributed by atoms with Gasteiger partial charge in [0, 0.05) is 23.1 Å². The molecule has 0 fully saturated rings. The fourth-order valence-electron chi connectivity index (χ4n) is 3.66. The molecule has 3 rings (SSSR count). The number of allylic oxidation sites excluding steroid dienone is 3. The number of phenols is 2. The van der Waals surface area contributed by atoms with E-state index < -0.39 is 28.7 Å². The minimum absolute atomic E-state index is 0.00185. The molecule has 142 valence electrons. The van der Waals surface area contributed by atoms with Gasteiger partial charge in [-0.05, 0) is 27.7 Å². The summed E-state index contributed by atoms with van der Waals surface area (Å²) < 4.78 is 5.76. The Bertz CT molecular complexity index is 996. The Morgan fingerprint density at radius 1 is 1.15 bits per heavy atom. The highest BCUT2D eigenvalue weighted by atomic mass is 16.5. The van der Waals surface area contributed by atoms with E-state index in [0.29, 0.717) is 0 Å². The average Bonchev–Trinajstić information content (AvgIpc) is 2.86. The molecule has 2 aliphatic rings. The summed E-state index contributed by atoms with van der Waals surface area (Å²) in [6.45, 7) is 7.02. The fourth-order valence-corrected chi connectivity index (χ4v) is 3.66. The molecule has 0 bridgehead atoms. The number of carbonyl (C=O) groups excluding carboxylic acids is 3. The SMILES string of the molecule is CC(=O)C1=C(O)C=C2Oc3c(C(C)C(C)=O)c(O)c(C)c(O)c3[C@]2(C)C1=O. The van der Waals surface area contributed by atoms with Crippen molar-refractivity contribution in [3.63, 3.8) is 0 Å². The Labute approximate surface area is 155 Å². The predicted molar refractivity (Wildman–Crippen MR) is 95.0 cm³/mol. The second-order valence-electron chi connectivity index (χ2n) is 7.15. The van der Waals surface area contributed by atoms with E-state index in [9.17, 15) is 29.7 Å². The Morgan fingerprint density at radius 3 is 2.26 bits per heavy atom.